The molecular weight excluding hydrogens is 336 g/mol. The molecule has 0 saturated heterocycles. The third-order valence-electron chi connectivity index (χ3n) is 3.89. The fourth-order valence-electron chi connectivity index (χ4n) is 2.56. The van der Waals surface area contributed by atoms with Crippen LogP contribution in [0.2, 0.25) is 5.15 Å². The van der Waals surface area contributed by atoms with Crippen molar-refractivity contribution in [3.8, 4) is 0 Å². The molecular formula is C16H16BrClN2. The quantitative estimate of drug-likeness (QED) is 0.719. The van der Waals surface area contributed by atoms with Crippen LogP contribution < -0.4 is 0 Å². The first-order chi connectivity index (χ1) is 9.54. The molecule has 2 nitrogen and oxygen atoms in total. The van der Waals surface area contributed by atoms with Gasteiger partial charge in [0.2, 0.25) is 0 Å². The summed E-state index contributed by atoms with van der Waals surface area (Å²) < 4.78 is 0.821. The van der Waals surface area contributed by atoms with E-state index in [1.165, 1.54) is 5.56 Å². The Balaban J connectivity index is 2.12. The maximum absolute atomic E-state index is 6.29. The first kappa shape index (κ1) is 14.0. The van der Waals surface area contributed by atoms with Gasteiger partial charge in [0.05, 0.1) is 15.6 Å². The molecule has 0 N–H and O–H groups in total. The van der Waals surface area contributed by atoms with Gasteiger partial charge >= 0.3 is 0 Å². The summed E-state index contributed by atoms with van der Waals surface area (Å²) in [6.07, 6.45) is 2.18. The summed E-state index contributed by atoms with van der Waals surface area (Å²) in [5.41, 5.74) is 2.24. The van der Waals surface area contributed by atoms with Crippen LogP contribution in [0.4, 0.5) is 0 Å². The van der Waals surface area contributed by atoms with Crippen molar-refractivity contribution in [3.63, 3.8) is 0 Å². The van der Waals surface area contributed by atoms with Crippen LogP contribution in [0, 0.1) is 0 Å². The molecule has 1 heterocycles. The number of hydrogen-bond donors (Lipinski definition) is 0. The Hall–Kier alpha value is -0.930. The number of benzene rings is 1. The van der Waals surface area contributed by atoms with Crippen LogP contribution in [0.15, 0.2) is 34.8 Å². The number of halogens is 2. The van der Waals surface area contributed by atoms with Gasteiger partial charge in [-0.2, -0.15) is 0 Å². The lowest BCUT2D eigenvalue weighted by Gasteiger charge is -2.17. The molecule has 0 bridgehead atoms. The molecule has 0 atom stereocenters. The minimum absolute atomic E-state index is 0.0325. The lowest BCUT2D eigenvalue weighted by Crippen LogP contribution is -2.15. The molecule has 3 rings (SSSR count). The summed E-state index contributed by atoms with van der Waals surface area (Å²) in [5, 5.41) is 0.515. The molecule has 0 unspecified atom stereocenters. The van der Waals surface area contributed by atoms with Crippen molar-refractivity contribution < 1.29 is 0 Å². The predicted molar refractivity (Wildman–Crippen MR) is 85.3 cm³/mol. The van der Waals surface area contributed by atoms with Gasteiger partial charge in [-0.25, -0.2) is 9.97 Å². The number of aromatic nitrogens is 2. The SMILES string of the molecule is CC(C)c1nc(C2(c3ccccc3)CC2)nc(Cl)c1Br. The van der Waals surface area contributed by atoms with E-state index in [1.807, 2.05) is 6.07 Å². The van der Waals surface area contributed by atoms with E-state index in [1.54, 1.807) is 0 Å². The highest BCUT2D eigenvalue weighted by Crippen LogP contribution is 2.52. The summed E-state index contributed by atoms with van der Waals surface area (Å²) in [4.78, 5) is 9.33. The van der Waals surface area contributed by atoms with Gasteiger partial charge in [-0.3, -0.25) is 0 Å². The second-order valence-electron chi connectivity index (χ2n) is 5.64. The van der Waals surface area contributed by atoms with Crippen LogP contribution in [0.25, 0.3) is 0 Å². The van der Waals surface area contributed by atoms with E-state index in [9.17, 15) is 0 Å². The van der Waals surface area contributed by atoms with E-state index in [4.69, 9.17) is 16.6 Å². The molecule has 0 spiro atoms. The molecule has 4 heteroatoms. The highest BCUT2D eigenvalue weighted by atomic mass is 79.9. The van der Waals surface area contributed by atoms with Crippen LogP contribution in [-0.2, 0) is 5.41 Å². The summed E-state index contributed by atoms with van der Waals surface area (Å²) in [6, 6.07) is 10.5. The van der Waals surface area contributed by atoms with E-state index in [-0.39, 0.29) is 5.41 Å². The third kappa shape index (κ3) is 2.27. The predicted octanol–water partition coefficient (Wildman–Crippen LogP) is 5.10. The minimum Gasteiger partial charge on any atom is -0.235 e. The molecule has 20 heavy (non-hydrogen) atoms. The maximum Gasteiger partial charge on any atom is 0.147 e. The second-order valence-corrected chi connectivity index (χ2v) is 6.79. The Kier molecular flexibility index (Phi) is 3.59. The Morgan fingerprint density at radius 1 is 1.15 bits per heavy atom. The van der Waals surface area contributed by atoms with Gasteiger partial charge < -0.3 is 0 Å². The van der Waals surface area contributed by atoms with Crippen molar-refractivity contribution in [2.24, 2.45) is 0 Å². The van der Waals surface area contributed by atoms with Gasteiger partial charge in [0.25, 0.3) is 0 Å². The average molecular weight is 352 g/mol. The first-order valence-electron chi connectivity index (χ1n) is 6.83. The highest BCUT2D eigenvalue weighted by molar-refractivity contribution is 9.10. The molecule has 1 fully saturated rings. The smallest absolute Gasteiger partial charge is 0.147 e. The fourth-order valence-corrected chi connectivity index (χ4v) is 3.37. The summed E-state index contributed by atoms with van der Waals surface area (Å²) in [6.45, 7) is 4.24. The lowest BCUT2D eigenvalue weighted by atomic mass is 9.95. The number of hydrogen-bond acceptors (Lipinski definition) is 2. The molecule has 1 saturated carbocycles. The van der Waals surface area contributed by atoms with Gasteiger partial charge in [0.1, 0.15) is 11.0 Å². The molecule has 1 aromatic carbocycles. The Morgan fingerprint density at radius 3 is 2.35 bits per heavy atom. The normalized spacial score (nSPS) is 16.4. The zero-order valence-corrected chi connectivity index (χ0v) is 13.9. The maximum atomic E-state index is 6.29. The van der Waals surface area contributed by atoms with Crippen molar-refractivity contribution in [1.82, 2.24) is 9.97 Å². The van der Waals surface area contributed by atoms with Crippen LogP contribution in [-0.4, -0.2) is 9.97 Å². The van der Waals surface area contributed by atoms with Crippen molar-refractivity contribution in [1.29, 1.82) is 0 Å². The van der Waals surface area contributed by atoms with Crippen molar-refractivity contribution in [2.45, 2.75) is 38.0 Å². The van der Waals surface area contributed by atoms with Gasteiger partial charge in [-0.1, -0.05) is 55.8 Å². The molecule has 1 aliphatic carbocycles. The van der Waals surface area contributed by atoms with Crippen LogP contribution in [0.5, 0.6) is 0 Å². The van der Waals surface area contributed by atoms with E-state index in [0.717, 1.165) is 28.8 Å². The second kappa shape index (κ2) is 5.12. The molecule has 2 aromatic rings. The number of nitrogens with zero attached hydrogens (tertiary/aromatic N) is 2. The van der Waals surface area contributed by atoms with Gasteiger partial charge in [0.15, 0.2) is 0 Å². The Labute approximate surface area is 132 Å². The van der Waals surface area contributed by atoms with E-state index >= 15 is 0 Å². The summed E-state index contributed by atoms with van der Waals surface area (Å²) >= 11 is 9.79. The van der Waals surface area contributed by atoms with Crippen molar-refractivity contribution in [3.05, 3.63) is 57.0 Å². The molecule has 1 aromatic heterocycles. The summed E-state index contributed by atoms with van der Waals surface area (Å²) in [5.74, 6) is 1.18. The Bertz CT molecular complexity index is 636. The van der Waals surface area contributed by atoms with Crippen LogP contribution >= 0.6 is 27.5 Å². The number of rotatable bonds is 3. The minimum atomic E-state index is -0.0325. The highest BCUT2D eigenvalue weighted by Gasteiger charge is 2.49. The van der Waals surface area contributed by atoms with E-state index in [2.05, 4.69) is 59.0 Å². The average Bonchev–Trinajstić information content (AvgIpc) is 3.24. The van der Waals surface area contributed by atoms with Crippen molar-refractivity contribution in [2.75, 3.05) is 0 Å². The van der Waals surface area contributed by atoms with Gasteiger partial charge in [0, 0.05) is 0 Å². The van der Waals surface area contributed by atoms with E-state index < -0.39 is 0 Å². The molecule has 0 radical (unpaired) electrons. The molecule has 0 aliphatic heterocycles. The van der Waals surface area contributed by atoms with Gasteiger partial charge in [-0.15, -0.1) is 0 Å². The topological polar surface area (TPSA) is 25.8 Å². The largest absolute Gasteiger partial charge is 0.235 e. The van der Waals surface area contributed by atoms with Crippen LogP contribution in [0.1, 0.15) is 49.7 Å². The fraction of sp³-hybridized carbons (Fsp3) is 0.375. The van der Waals surface area contributed by atoms with Crippen molar-refractivity contribution >= 4 is 27.5 Å². The van der Waals surface area contributed by atoms with Crippen LogP contribution in [0.3, 0.4) is 0 Å². The third-order valence-corrected chi connectivity index (χ3v) is 5.17. The first-order valence-corrected chi connectivity index (χ1v) is 8.00. The lowest BCUT2D eigenvalue weighted by molar-refractivity contribution is 0.711. The Morgan fingerprint density at radius 2 is 1.80 bits per heavy atom. The molecule has 104 valence electrons. The molecule has 0 amide bonds. The summed E-state index contributed by atoms with van der Waals surface area (Å²) in [7, 11) is 0. The van der Waals surface area contributed by atoms with E-state index in [0.29, 0.717) is 11.1 Å². The monoisotopic (exact) mass is 350 g/mol. The molecule has 1 aliphatic rings. The zero-order chi connectivity index (χ0) is 14.3. The zero-order valence-electron chi connectivity index (χ0n) is 11.5. The van der Waals surface area contributed by atoms with Gasteiger partial charge in [-0.05, 0) is 40.3 Å². The standard InChI is InChI=1S/C16H16BrClN2/c1-10(2)13-12(17)14(18)20-15(19-13)16(8-9-16)11-6-4-3-5-7-11/h3-7,10H,8-9H2,1-2H3.